The number of benzene rings is 8. The van der Waals surface area contributed by atoms with E-state index < -0.39 is 0 Å². The van der Waals surface area contributed by atoms with Crippen molar-refractivity contribution in [3.8, 4) is 22.7 Å². The molecule has 690 valence electrons. The number of amides is 4. The van der Waals surface area contributed by atoms with Gasteiger partial charge >= 0.3 is 0 Å². The number of rotatable bonds is 16. The molecule has 4 amide bonds. The molecule has 33 heteroatoms. The molecule has 8 aromatic carbocycles. The zero-order chi connectivity index (χ0) is 92.8. The number of likely N-dealkylation sites (tertiary alicyclic amines) is 2. The summed E-state index contributed by atoms with van der Waals surface area (Å²) >= 11 is 31.0. The molecule has 0 bridgehead atoms. The van der Waals surface area contributed by atoms with E-state index in [4.69, 9.17) is 97.3 Å². The average Bonchev–Trinajstić information content (AvgIpc) is 1.62. The van der Waals surface area contributed by atoms with Crippen LogP contribution in [-0.2, 0) is 45.4 Å². The number of halogens is 9. The zero-order valence-corrected chi connectivity index (χ0v) is 76.4. The normalized spacial score (nSPS) is 19.7. The number of nitrogens with one attached hydrogen (secondary N) is 2. The summed E-state index contributed by atoms with van der Waals surface area (Å²) in [5, 5.41) is 45.0. The minimum atomic E-state index is -0.305. The molecule has 4 atom stereocenters. The van der Waals surface area contributed by atoms with Crippen molar-refractivity contribution in [3.63, 3.8) is 0 Å². The Kier molecular flexibility index (Phi) is 28.8. The fourth-order valence-corrected chi connectivity index (χ4v) is 19.6. The summed E-state index contributed by atoms with van der Waals surface area (Å²) in [4.78, 5) is 57.0. The van der Waals surface area contributed by atoms with Gasteiger partial charge in [0, 0.05) is 104 Å². The Morgan fingerprint density at radius 2 is 0.672 bits per heavy atom. The molecule has 24 nitrogen and oxygen atoms in total. The van der Waals surface area contributed by atoms with E-state index in [1.807, 2.05) is 70.7 Å². The van der Waals surface area contributed by atoms with Crippen LogP contribution in [0.25, 0.3) is 69.3 Å². The number of ether oxygens (including phenoxy) is 4. The van der Waals surface area contributed by atoms with Crippen LogP contribution in [0.2, 0.25) is 25.1 Å². The fraction of sp³-hybridized carbons (Fsp3) is 0.287. The van der Waals surface area contributed by atoms with Crippen LogP contribution in [0.5, 0.6) is 0 Å². The quantitative estimate of drug-likeness (QED) is 0.0656. The van der Waals surface area contributed by atoms with Crippen LogP contribution in [0.4, 0.5) is 17.6 Å². The van der Waals surface area contributed by atoms with Gasteiger partial charge in [-0.15, -0.1) is 0 Å². The molecule has 4 saturated heterocycles. The molecule has 12 aromatic rings. The number of nitrogens with zero attached hydrogens (tertiary/aromatic N) is 12. The maximum atomic E-state index is 13.5. The van der Waals surface area contributed by atoms with Crippen molar-refractivity contribution in [2.24, 2.45) is 11.8 Å². The van der Waals surface area contributed by atoms with E-state index in [-0.39, 0.29) is 98.6 Å². The van der Waals surface area contributed by atoms with E-state index in [9.17, 15) is 47.0 Å². The monoisotopic (exact) mass is 1910 g/mol. The Balaban J connectivity index is 0.000000120. The molecule has 12 heterocycles. The molecule has 1 aliphatic carbocycles. The van der Waals surface area contributed by atoms with Crippen LogP contribution < -0.4 is 10.9 Å². The molecule has 2 unspecified atom stereocenters. The maximum Gasteiger partial charge on any atom is 0.286 e. The first-order valence-corrected chi connectivity index (χ1v) is 46.4. The lowest BCUT2D eigenvalue weighted by Gasteiger charge is -2.23. The predicted octanol–water partition coefficient (Wildman–Crippen LogP) is 18.9. The highest BCUT2D eigenvalue weighted by Gasteiger charge is 2.41. The average molecular weight is 1920 g/mol. The molecule has 4 aromatic heterocycles. The minimum Gasteiger partial charge on any atom is -0.394 e. The zero-order valence-electron chi connectivity index (χ0n) is 72.6. The lowest BCUT2D eigenvalue weighted by molar-refractivity contribution is 0.0659. The summed E-state index contributed by atoms with van der Waals surface area (Å²) in [6.45, 7) is 6.81. The van der Waals surface area contributed by atoms with E-state index in [0.717, 1.165) is 155 Å². The summed E-state index contributed by atoms with van der Waals surface area (Å²) in [5.74, 6) is -0.827. The van der Waals surface area contributed by atoms with E-state index in [1.54, 1.807) is 132 Å². The van der Waals surface area contributed by atoms with Gasteiger partial charge in [0.25, 0.3) is 23.6 Å². The van der Waals surface area contributed by atoms with Crippen LogP contribution in [0.3, 0.4) is 0 Å². The van der Waals surface area contributed by atoms with Crippen molar-refractivity contribution in [2.75, 3.05) is 78.9 Å². The van der Waals surface area contributed by atoms with E-state index in [0.29, 0.717) is 122 Å². The summed E-state index contributed by atoms with van der Waals surface area (Å²) < 4.78 is 84.0. The number of hydrazine groups is 2. The van der Waals surface area contributed by atoms with E-state index in [2.05, 4.69) is 10.9 Å². The third-order valence-corrected chi connectivity index (χ3v) is 26.5. The molecule has 5 fully saturated rings. The molecular weight excluding hydrogens is 1820 g/mol. The van der Waals surface area contributed by atoms with Gasteiger partial charge in [0.1, 0.15) is 23.3 Å². The van der Waals surface area contributed by atoms with Crippen molar-refractivity contribution in [1.29, 1.82) is 0 Å². The molecule has 4 N–H and O–H groups in total. The Morgan fingerprint density at radius 1 is 0.358 bits per heavy atom. The van der Waals surface area contributed by atoms with E-state index >= 15 is 0 Å². The highest BCUT2D eigenvalue weighted by Crippen LogP contribution is 2.42. The van der Waals surface area contributed by atoms with Crippen LogP contribution in [0.15, 0.2) is 188 Å². The van der Waals surface area contributed by atoms with Gasteiger partial charge in [-0.05, 0) is 249 Å². The molecule has 9 aliphatic rings. The van der Waals surface area contributed by atoms with Crippen LogP contribution >= 0.6 is 58.0 Å². The van der Waals surface area contributed by atoms with Crippen molar-refractivity contribution >= 4 is 128 Å². The van der Waals surface area contributed by atoms with Gasteiger partial charge in [-0.25, -0.2) is 46.3 Å². The fourth-order valence-electron chi connectivity index (χ4n) is 18.7. The summed E-state index contributed by atoms with van der Waals surface area (Å²) in [6, 6.07) is 51.5. The van der Waals surface area contributed by atoms with Crippen molar-refractivity contribution in [1.82, 2.24) is 69.8 Å². The Labute approximate surface area is 795 Å². The minimum absolute atomic E-state index is 0.0714. The number of carbonyl (C=O) groups excluding carboxylic acids is 4. The number of carbonyl (C=O) groups is 4. The molecule has 21 rings (SSSR count). The largest absolute Gasteiger partial charge is 0.394 e. The van der Waals surface area contributed by atoms with Gasteiger partial charge in [-0.2, -0.15) is 20.4 Å². The predicted molar refractivity (Wildman–Crippen MR) is 505 cm³/mol. The van der Waals surface area contributed by atoms with Crippen molar-refractivity contribution in [2.45, 2.75) is 96.3 Å². The van der Waals surface area contributed by atoms with Crippen molar-refractivity contribution < 1.29 is 65.9 Å². The first-order valence-electron chi connectivity index (χ1n) is 44.5. The lowest BCUT2D eigenvalue weighted by Crippen LogP contribution is -2.41. The smallest absolute Gasteiger partial charge is 0.286 e. The summed E-state index contributed by atoms with van der Waals surface area (Å²) in [7, 11) is 0. The molecular formula is C101H93Cl5F4N14O10. The second-order valence-corrected chi connectivity index (χ2v) is 36.3. The molecule has 134 heavy (non-hydrogen) atoms. The van der Waals surface area contributed by atoms with Gasteiger partial charge in [0.2, 0.25) is 0 Å². The Hall–Kier alpha value is -11.7. The van der Waals surface area contributed by atoms with Gasteiger partial charge < -0.3 is 39.0 Å². The number of hydrogen-bond donors (Lipinski definition) is 4. The first kappa shape index (κ1) is 92.7. The summed E-state index contributed by atoms with van der Waals surface area (Å²) in [5.41, 5.74) is 22.9. The number of hydrogen-bond acceptors (Lipinski definition) is 16. The number of fused-ring (bicyclic) bond motifs is 5. The number of aromatic nitrogens is 8. The molecule has 1 saturated carbocycles. The Morgan fingerprint density at radius 3 is 1.01 bits per heavy atom. The standard InChI is InChI=1S/C27H25Cl2FN4O2.2C25H23ClFN3O3.C24H22ClFN4O2/c28-20-6-9-24(23(29)11-20)34-26-19(10-16-4-7-21(30)8-5-16)14-36-15-22(26)25(31-34)27(35)32-33-12-17-2-1-3-18(17)13-33;2*26-18-5-9-20(10-6-18)30-24-17(12-16-3-7-19(27)8-4-16)14-33-15-22(24)23(28-30)25(32)29-11-1-2-21(29)13-31;25-18-5-9-20(10-6-18)30-23-17(13-16-3-7-19(26)8-4-16)14-32-15-21(23)22(27-30)24(31)28-29-11-1-2-12-29/h4-11,17-18H,1-3,12-15H2,(H,32,35);2*3-10,12,21,31H,1-2,11,13-15H2;3-10,13H,1-2,11-12,14-15H2,(H,28,31)/b19-10+;2*17-12+;17-13+/t;2*21-;/m.10./s1. The first-order chi connectivity index (χ1) is 65.1. The molecule has 8 aliphatic heterocycles. The molecule has 0 radical (unpaired) electrons. The second kappa shape index (κ2) is 41.6. The lowest BCUT2D eigenvalue weighted by atomic mass is 10.0. The SMILES string of the molecule is O=C(NN1CC2CCCC2C1)c1nn(-c2ccc(Cl)cc2Cl)c2c1COC/C2=C\c1ccc(F)cc1.O=C(NN1CCCC1)c1nn(-c2ccc(Cl)cc2)c2c1COC/C2=C\c1ccc(F)cc1.O=C(c1nn(-c2ccc(Cl)cc2)c2c1COC/C2=C\c1ccc(F)cc1)N1CCC[C@@H]1CO.O=C(c1nn(-c2ccc(Cl)cc2)c2c1COC/C2=C\c1ccc(F)cc1)N1CCC[C@H]1CO. The highest BCUT2D eigenvalue weighted by molar-refractivity contribution is 6.36. The third kappa shape index (κ3) is 20.6. The van der Waals surface area contributed by atoms with Crippen LogP contribution in [0.1, 0.15) is 167 Å². The third-order valence-electron chi connectivity index (χ3n) is 25.2. The number of aliphatic hydroxyl groups excluding tert-OH is 2. The van der Waals surface area contributed by atoms with Gasteiger partial charge in [-0.3, -0.25) is 30.0 Å². The highest BCUT2D eigenvalue weighted by atomic mass is 35.5. The topological polar surface area (TPSA) is 254 Å². The molecule has 0 spiro atoms. The maximum absolute atomic E-state index is 13.5. The van der Waals surface area contributed by atoms with Gasteiger partial charge in [0.05, 0.1) is 129 Å². The van der Waals surface area contributed by atoms with Gasteiger partial charge in [0.15, 0.2) is 22.8 Å². The van der Waals surface area contributed by atoms with Crippen LogP contribution in [-0.4, -0.2) is 184 Å². The number of aliphatic hydroxyl groups is 2. The van der Waals surface area contributed by atoms with Crippen molar-refractivity contribution in [3.05, 3.63) is 326 Å². The summed E-state index contributed by atoms with van der Waals surface area (Å²) in [6.07, 6.45) is 16.8. The Bertz CT molecular complexity index is 6280. The van der Waals surface area contributed by atoms with E-state index in [1.165, 1.54) is 67.8 Å². The second-order valence-electron chi connectivity index (χ2n) is 34.1. The van der Waals surface area contributed by atoms with Gasteiger partial charge in [-0.1, -0.05) is 113 Å². The van der Waals surface area contributed by atoms with Crippen LogP contribution in [0, 0.1) is 35.1 Å².